The van der Waals surface area contributed by atoms with Crippen LogP contribution in [0.2, 0.25) is 0 Å². The molecule has 0 saturated heterocycles. The van der Waals surface area contributed by atoms with Gasteiger partial charge in [-0.25, -0.2) is 0 Å². The Kier molecular flexibility index (Phi) is 3.77. The Bertz CT molecular complexity index is 155. The molecule has 0 amide bonds. The van der Waals surface area contributed by atoms with E-state index in [1.807, 2.05) is 13.0 Å². The predicted molar refractivity (Wildman–Crippen MR) is 46.1 cm³/mol. The van der Waals surface area contributed by atoms with Crippen molar-refractivity contribution in [2.24, 2.45) is 16.6 Å². The van der Waals surface area contributed by atoms with Gasteiger partial charge in [-0.05, 0) is 18.9 Å². The molecule has 0 heterocycles. The summed E-state index contributed by atoms with van der Waals surface area (Å²) in [6.45, 7) is 6.07. The third kappa shape index (κ3) is 3.28. The number of nitrogens with zero attached hydrogens (tertiary/aromatic N) is 1. The monoisotopic (exact) mass is 140 g/mol. The molecule has 0 fully saturated rings. The number of rotatable bonds is 2. The second-order valence-electron chi connectivity index (χ2n) is 2.66. The van der Waals surface area contributed by atoms with Crippen molar-refractivity contribution in [1.29, 1.82) is 0 Å². The molecule has 0 aromatic carbocycles. The largest absolute Gasteiger partial charge is 0.402 e. The highest BCUT2D eigenvalue weighted by molar-refractivity contribution is 5.93. The molecule has 0 saturated carbocycles. The molecule has 0 aromatic heterocycles. The van der Waals surface area contributed by atoms with E-state index in [1.165, 1.54) is 0 Å². The number of hydrogen-bond acceptors (Lipinski definition) is 2. The minimum absolute atomic E-state index is 0.414. The zero-order valence-electron chi connectivity index (χ0n) is 7.18. The Morgan fingerprint density at radius 3 is 2.30 bits per heavy atom. The van der Waals surface area contributed by atoms with E-state index in [4.69, 9.17) is 5.73 Å². The molecule has 0 aliphatic heterocycles. The van der Waals surface area contributed by atoms with Gasteiger partial charge in [0.2, 0.25) is 0 Å². The normalized spacial score (nSPS) is 14.5. The molecule has 0 unspecified atom stereocenters. The van der Waals surface area contributed by atoms with E-state index in [0.717, 1.165) is 11.4 Å². The van der Waals surface area contributed by atoms with Gasteiger partial charge < -0.3 is 5.73 Å². The van der Waals surface area contributed by atoms with Crippen molar-refractivity contribution >= 4 is 5.71 Å². The molecule has 0 aliphatic rings. The highest BCUT2D eigenvalue weighted by Crippen LogP contribution is 2.01. The maximum atomic E-state index is 5.67. The van der Waals surface area contributed by atoms with Crippen LogP contribution in [0.25, 0.3) is 0 Å². The predicted octanol–water partition coefficient (Wildman–Crippen LogP) is 1.58. The standard InChI is InChI=1S/C8H16N2/c1-6(2)8(9)5-7(3)10-4/h5-6H,9H2,1-4H3. The average Bonchev–Trinajstić information content (AvgIpc) is 1.87. The third-order valence-electron chi connectivity index (χ3n) is 1.39. The van der Waals surface area contributed by atoms with E-state index >= 15 is 0 Å². The Labute approximate surface area is 62.8 Å². The molecule has 2 N–H and O–H groups in total. The zero-order valence-corrected chi connectivity index (χ0v) is 7.18. The van der Waals surface area contributed by atoms with Crippen molar-refractivity contribution in [3.05, 3.63) is 11.8 Å². The molecule has 58 valence electrons. The molecule has 10 heavy (non-hydrogen) atoms. The van der Waals surface area contributed by atoms with Crippen LogP contribution in [-0.4, -0.2) is 12.8 Å². The van der Waals surface area contributed by atoms with Crippen molar-refractivity contribution < 1.29 is 0 Å². The molecular weight excluding hydrogens is 124 g/mol. The van der Waals surface area contributed by atoms with E-state index in [1.54, 1.807) is 7.05 Å². The van der Waals surface area contributed by atoms with Crippen molar-refractivity contribution in [1.82, 2.24) is 0 Å². The van der Waals surface area contributed by atoms with E-state index in [-0.39, 0.29) is 0 Å². The van der Waals surface area contributed by atoms with Crippen LogP contribution < -0.4 is 5.73 Å². The summed E-state index contributed by atoms with van der Waals surface area (Å²) in [7, 11) is 1.76. The first kappa shape index (κ1) is 9.21. The Hall–Kier alpha value is -0.790. The van der Waals surface area contributed by atoms with Crippen LogP contribution in [0.4, 0.5) is 0 Å². The summed E-state index contributed by atoms with van der Waals surface area (Å²) in [6.07, 6.45) is 1.91. The van der Waals surface area contributed by atoms with Gasteiger partial charge in [-0.2, -0.15) is 0 Å². The summed E-state index contributed by atoms with van der Waals surface area (Å²) in [5.74, 6) is 0.414. The molecule has 0 atom stereocenters. The lowest BCUT2D eigenvalue weighted by molar-refractivity contribution is 0.758. The maximum Gasteiger partial charge on any atom is 0.0331 e. The maximum absolute atomic E-state index is 5.67. The van der Waals surface area contributed by atoms with Crippen LogP contribution in [-0.2, 0) is 0 Å². The minimum Gasteiger partial charge on any atom is -0.402 e. The summed E-state index contributed by atoms with van der Waals surface area (Å²) < 4.78 is 0. The molecular formula is C8H16N2. The Balaban J connectivity index is 4.17. The first-order chi connectivity index (χ1) is 4.57. The fourth-order valence-electron chi connectivity index (χ4n) is 0.472. The summed E-state index contributed by atoms with van der Waals surface area (Å²) in [5, 5.41) is 0. The highest BCUT2D eigenvalue weighted by atomic mass is 14.7. The first-order valence-corrected chi connectivity index (χ1v) is 3.48. The molecule has 0 aromatic rings. The quantitative estimate of drug-likeness (QED) is 0.581. The van der Waals surface area contributed by atoms with Crippen molar-refractivity contribution in [3.63, 3.8) is 0 Å². The summed E-state index contributed by atoms with van der Waals surface area (Å²) in [4.78, 5) is 3.97. The van der Waals surface area contributed by atoms with E-state index < -0.39 is 0 Å². The second kappa shape index (κ2) is 4.09. The van der Waals surface area contributed by atoms with Crippen LogP contribution in [0.3, 0.4) is 0 Å². The zero-order chi connectivity index (χ0) is 8.15. The third-order valence-corrected chi connectivity index (χ3v) is 1.39. The lowest BCUT2D eigenvalue weighted by Gasteiger charge is -2.03. The van der Waals surface area contributed by atoms with Gasteiger partial charge in [0.25, 0.3) is 0 Å². The molecule has 2 heteroatoms. The van der Waals surface area contributed by atoms with Crippen LogP contribution in [0.5, 0.6) is 0 Å². The highest BCUT2D eigenvalue weighted by Gasteiger charge is 1.95. The number of hydrogen-bond donors (Lipinski definition) is 1. The Morgan fingerprint density at radius 1 is 1.50 bits per heavy atom. The number of aliphatic imine (C=N–C) groups is 1. The van der Waals surface area contributed by atoms with Crippen LogP contribution in [0.15, 0.2) is 16.8 Å². The van der Waals surface area contributed by atoms with Crippen molar-refractivity contribution in [2.75, 3.05) is 7.05 Å². The molecule has 0 rings (SSSR count). The van der Waals surface area contributed by atoms with Crippen LogP contribution in [0.1, 0.15) is 20.8 Å². The minimum atomic E-state index is 0.414. The summed E-state index contributed by atoms with van der Waals surface area (Å²) >= 11 is 0. The van der Waals surface area contributed by atoms with Gasteiger partial charge in [0.1, 0.15) is 0 Å². The van der Waals surface area contributed by atoms with Gasteiger partial charge in [-0.1, -0.05) is 13.8 Å². The van der Waals surface area contributed by atoms with Gasteiger partial charge in [0.15, 0.2) is 0 Å². The molecule has 0 bridgehead atoms. The lowest BCUT2D eigenvalue weighted by Crippen LogP contribution is -2.06. The second-order valence-corrected chi connectivity index (χ2v) is 2.66. The Morgan fingerprint density at radius 2 is 2.00 bits per heavy atom. The lowest BCUT2D eigenvalue weighted by atomic mass is 10.1. The van der Waals surface area contributed by atoms with Gasteiger partial charge in [0, 0.05) is 18.5 Å². The number of allylic oxidation sites excluding steroid dienone is 2. The fraction of sp³-hybridized carbons (Fsp3) is 0.625. The first-order valence-electron chi connectivity index (χ1n) is 3.48. The van der Waals surface area contributed by atoms with Gasteiger partial charge in [-0.3, -0.25) is 4.99 Å². The summed E-state index contributed by atoms with van der Waals surface area (Å²) in [5.41, 5.74) is 7.54. The molecule has 0 radical (unpaired) electrons. The molecule has 2 nitrogen and oxygen atoms in total. The van der Waals surface area contributed by atoms with E-state index in [0.29, 0.717) is 5.92 Å². The summed E-state index contributed by atoms with van der Waals surface area (Å²) in [6, 6.07) is 0. The van der Waals surface area contributed by atoms with Gasteiger partial charge in [0.05, 0.1) is 0 Å². The molecule has 0 aliphatic carbocycles. The molecule has 0 spiro atoms. The topological polar surface area (TPSA) is 38.4 Å². The van der Waals surface area contributed by atoms with E-state index in [2.05, 4.69) is 18.8 Å². The number of nitrogens with two attached hydrogens (primary N) is 1. The SMILES string of the molecule is CN=C(C)C=C(N)C(C)C. The average molecular weight is 140 g/mol. The van der Waals surface area contributed by atoms with Crippen molar-refractivity contribution in [2.45, 2.75) is 20.8 Å². The van der Waals surface area contributed by atoms with Crippen LogP contribution in [0, 0.1) is 5.92 Å². The smallest absolute Gasteiger partial charge is 0.0331 e. The van der Waals surface area contributed by atoms with Gasteiger partial charge >= 0.3 is 0 Å². The van der Waals surface area contributed by atoms with Gasteiger partial charge in [-0.15, -0.1) is 0 Å². The van der Waals surface area contributed by atoms with E-state index in [9.17, 15) is 0 Å². The fourth-order valence-corrected chi connectivity index (χ4v) is 0.472. The van der Waals surface area contributed by atoms with Crippen molar-refractivity contribution in [3.8, 4) is 0 Å². The van der Waals surface area contributed by atoms with Crippen LogP contribution >= 0.6 is 0 Å².